The van der Waals surface area contributed by atoms with Gasteiger partial charge >= 0.3 is 0 Å². The van der Waals surface area contributed by atoms with E-state index in [0.717, 1.165) is 47.4 Å². The molecule has 6 heteroatoms. The van der Waals surface area contributed by atoms with Crippen molar-refractivity contribution in [2.24, 2.45) is 0 Å². The lowest BCUT2D eigenvalue weighted by Gasteiger charge is -2.17. The summed E-state index contributed by atoms with van der Waals surface area (Å²) in [4.78, 5) is 6.72. The molecule has 0 saturated carbocycles. The van der Waals surface area contributed by atoms with Crippen molar-refractivity contribution in [3.05, 3.63) is 83.4 Å². The molecule has 0 radical (unpaired) electrons. The van der Waals surface area contributed by atoms with Gasteiger partial charge in [0.1, 0.15) is 5.82 Å². The predicted octanol–water partition coefficient (Wildman–Crippen LogP) is 5.02. The van der Waals surface area contributed by atoms with Gasteiger partial charge in [-0.2, -0.15) is 5.10 Å². The SMILES string of the molecule is CN(CCn1ncc2c(-c3ccccc3Cl)nccc21)Cc1ccc(F)cc1. The van der Waals surface area contributed by atoms with Crippen LogP contribution in [-0.2, 0) is 13.1 Å². The lowest BCUT2D eigenvalue weighted by Crippen LogP contribution is -2.23. The number of hydrogen-bond acceptors (Lipinski definition) is 3. The van der Waals surface area contributed by atoms with E-state index < -0.39 is 0 Å². The summed E-state index contributed by atoms with van der Waals surface area (Å²) < 4.78 is 15.0. The van der Waals surface area contributed by atoms with E-state index in [1.54, 1.807) is 6.20 Å². The number of halogens is 2. The number of nitrogens with zero attached hydrogens (tertiary/aromatic N) is 4. The Morgan fingerprint density at radius 1 is 1.07 bits per heavy atom. The summed E-state index contributed by atoms with van der Waals surface area (Å²) in [5.74, 6) is -0.211. The zero-order valence-corrected chi connectivity index (χ0v) is 16.3. The molecule has 0 spiro atoms. The van der Waals surface area contributed by atoms with Crippen molar-refractivity contribution < 1.29 is 4.39 Å². The van der Waals surface area contributed by atoms with E-state index in [9.17, 15) is 4.39 Å². The molecule has 2 aromatic heterocycles. The molecule has 0 bridgehead atoms. The molecule has 28 heavy (non-hydrogen) atoms. The van der Waals surface area contributed by atoms with Crippen molar-refractivity contribution in [1.29, 1.82) is 0 Å². The number of benzene rings is 2. The maximum atomic E-state index is 13.0. The van der Waals surface area contributed by atoms with E-state index in [1.165, 1.54) is 12.1 Å². The van der Waals surface area contributed by atoms with Gasteiger partial charge in [0.05, 0.1) is 24.0 Å². The second-order valence-corrected chi connectivity index (χ2v) is 7.21. The molecular formula is C22H20ClFN4. The molecule has 0 saturated heterocycles. The van der Waals surface area contributed by atoms with Crippen molar-refractivity contribution in [3.8, 4) is 11.3 Å². The van der Waals surface area contributed by atoms with Crippen LogP contribution >= 0.6 is 11.6 Å². The molecule has 0 unspecified atom stereocenters. The van der Waals surface area contributed by atoms with E-state index in [1.807, 2.05) is 60.4 Å². The fourth-order valence-electron chi connectivity index (χ4n) is 3.30. The minimum atomic E-state index is -0.211. The van der Waals surface area contributed by atoms with Gasteiger partial charge in [0, 0.05) is 35.3 Å². The number of likely N-dealkylation sites (N-methyl/N-ethyl adjacent to an activating group) is 1. The average molecular weight is 395 g/mol. The molecule has 4 rings (SSSR count). The highest BCUT2D eigenvalue weighted by molar-refractivity contribution is 6.33. The molecule has 142 valence electrons. The zero-order chi connectivity index (χ0) is 19.5. The van der Waals surface area contributed by atoms with Crippen molar-refractivity contribution in [2.45, 2.75) is 13.1 Å². The van der Waals surface area contributed by atoms with Gasteiger partial charge in [-0.3, -0.25) is 9.67 Å². The standard InChI is InChI=1S/C22H20ClFN4/c1-27(15-16-6-8-17(24)9-7-16)12-13-28-21-10-11-25-22(19(21)14-26-28)18-4-2-3-5-20(18)23/h2-11,14H,12-13,15H2,1H3. The van der Waals surface area contributed by atoms with E-state index in [-0.39, 0.29) is 5.82 Å². The van der Waals surface area contributed by atoms with Crippen molar-refractivity contribution in [3.63, 3.8) is 0 Å². The monoisotopic (exact) mass is 394 g/mol. The lowest BCUT2D eigenvalue weighted by atomic mass is 10.1. The smallest absolute Gasteiger partial charge is 0.123 e. The summed E-state index contributed by atoms with van der Waals surface area (Å²) in [5, 5.41) is 6.22. The third-order valence-electron chi connectivity index (χ3n) is 4.76. The average Bonchev–Trinajstić information content (AvgIpc) is 3.12. The van der Waals surface area contributed by atoms with Crippen LogP contribution in [0, 0.1) is 5.82 Å². The Kier molecular flexibility index (Phi) is 5.37. The summed E-state index contributed by atoms with van der Waals surface area (Å²) in [6.45, 7) is 2.32. The highest BCUT2D eigenvalue weighted by atomic mass is 35.5. The van der Waals surface area contributed by atoms with Crippen LogP contribution in [0.2, 0.25) is 5.02 Å². The molecule has 2 aromatic carbocycles. The molecule has 0 aliphatic heterocycles. The molecule has 4 aromatic rings. The van der Waals surface area contributed by atoms with Gasteiger partial charge in [0.25, 0.3) is 0 Å². The molecule has 0 fully saturated rings. The van der Waals surface area contributed by atoms with Crippen molar-refractivity contribution in [1.82, 2.24) is 19.7 Å². The van der Waals surface area contributed by atoms with Crippen LogP contribution in [0.5, 0.6) is 0 Å². The first-order chi connectivity index (χ1) is 13.6. The Hall–Kier alpha value is -2.76. The summed E-state index contributed by atoms with van der Waals surface area (Å²) in [6, 6.07) is 16.3. The number of hydrogen-bond donors (Lipinski definition) is 0. The normalized spacial score (nSPS) is 11.4. The van der Waals surface area contributed by atoms with Gasteiger partial charge in [-0.25, -0.2) is 4.39 Å². The second kappa shape index (κ2) is 8.09. The van der Waals surface area contributed by atoms with E-state index in [0.29, 0.717) is 5.02 Å². The largest absolute Gasteiger partial charge is 0.300 e. The van der Waals surface area contributed by atoms with Gasteiger partial charge in [0.15, 0.2) is 0 Å². The summed E-state index contributed by atoms with van der Waals surface area (Å²) in [6.07, 6.45) is 3.64. The molecule has 2 heterocycles. The molecule has 0 atom stereocenters. The minimum absolute atomic E-state index is 0.211. The third-order valence-corrected chi connectivity index (χ3v) is 5.09. The van der Waals surface area contributed by atoms with E-state index >= 15 is 0 Å². The number of fused-ring (bicyclic) bond motifs is 1. The number of pyridine rings is 1. The van der Waals surface area contributed by atoms with Gasteiger partial charge < -0.3 is 4.90 Å². The maximum absolute atomic E-state index is 13.0. The topological polar surface area (TPSA) is 34.0 Å². The first-order valence-electron chi connectivity index (χ1n) is 9.10. The van der Waals surface area contributed by atoms with Crippen LogP contribution in [-0.4, -0.2) is 33.3 Å². The first-order valence-corrected chi connectivity index (χ1v) is 9.48. The highest BCUT2D eigenvalue weighted by Crippen LogP contribution is 2.31. The van der Waals surface area contributed by atoms with Gasteiger partial charge in [-0.05, 0) is 36.9 Å². The van der Waals surface area contributed by atoms with Crippen LogP contribution in [0.15, 0.2) is 67.0 Å². The Bertz CT molecular complexity index is 1090. The molecular weight excluding hydrogens is 375 g/mol. The second-order valence-electron chi connectivity index (χ2n) is 6.80. The Morgan fingerprint density at radius 3 is 2.64 bits per heavy atom. The molecule has 0 aliphatic carbocycles. The van der Waals surface area contributed by atoms with Gasteiger partial charge in [0.2, 0.25) is 0 Å². The summed E-state index contributed by atoms with van der Waals surface area (Å²) in [7, 11) is 2.05. The van der Waals surface area contributed by atoms with Crippen LogP contribution < -0.4 is 0 Å². The van der Waals surface area contributed by atoms with E-state index in [2.05, 4.69) is 15.0 Å². The van der Waals surface area contributed by atoms with Crippen LogP contribution in [0.25, 0.3) is 22.2 Å². The Labute approximate surface area is 168 Å². The zero-order valence-electron chi connectivity index (χ0n) is 15.5. The highest BCUT2D eigenvalue weighted by Gasteiger charge is 2.12. The lowest BCUT2D eigenvalue weighted by molar-refractivity contribution is 0.307. The number of rotatable bonds is 6. The minimum Gasteiger partial charge on any atom is -0.300 e. The van der Waals surface area contributed by atoms with Gasteiger partial charge in [-0.1, -0.05) is 41.9 Å². The Morgan fingerprint density at radius 2 is 1.86 bits per heavy atom. The van der Waals surface area contributed by atoms with Gasteiger partial charge in [-0.15, -0.1) is 0 Å². The fraction of sp³-hybridized carbons (Fsp3) is 0.182. The fourth-order valence-corrected chi connectivity index (χ4v) is 3.52. The van der Waals surface area contributed by atoms with Crippen molar-refractivity contribution in [2.75, 3.05) is 13.6 Å². The van der Waals surface area contributed by atoms with Crippen LogP contribution in [0.1, 0.15) is 5.56 Å². The summed E-state index contributed by atoms with van der Waals surface area (Å²) in [5.41, 5.74) is 3.86. The van der Waals surface area contributed by atoms with Crippen molar-refractivity contribution >= 4 is 22.5 Å². The molecule has 0 aliphatic rings. The van der Waals surface area contributed by atoms with E-state index in [4.69, 9.17) is 11.6 Å². The third kappa shape index (κ3) is 3.91. The molecule has 0 amide bonds. The summed E-state index contributed by atoms with van der Waals surface area (Å²) >= 11 is 6.36. The number of aromatic nitrogens is 3. The quantitative estimate of drug-likeness (QED) is 0.460. The Balaban J connectivity index is 1.51. The molecule has 0 N–H and O–H groups in total. The molecule has 4 nitrogen and oxygen atoms in total. The van der Waals surface area contributed by atoms with Crippen LogP contribution in [0.3, 0.4) is 0 Å². The predicted molar refractivity (Wildman–Crippen MR) is 111 cm³/mol. The van der Waals surface area contributed by atoms with Crippen LogP contribution in [0.4, 0.5) is 4.39 Å². The maximum Gasteiger partial charge on any atom is 0.123 e. The first kappa shape index (κ1) is 18.6.